The van der Waals surface area contributed by atoms with Crippen LogP contribution in [0.5, 0.6) is 5.75 Å². The van der Waals surface area contributed by atoms with Crippen LogP contribution in [-0.4, -0.2) is 12.0 Å². The van der Waals surface area contributed by atoms with E-state index in [1.807, 2.05) is 25.1 Å². The van der Waals surface area contributed by atoms with Gasteiger partial charge in [0.1, 0.15) is 5.75 Å². The van der Waals surface area contributed by atoms with Gasteiger partial charge in [-0.25, -0.2) is 0 Å². The van der Waals surface area contributed by atoms with Crippen molar-refractivity contribution in [1.29, 1.82) is 0 Å². The normalized spacial score (nSPS) is 29.6. The van der Waals surface area contributed by atoms with E-state index >= 15 is 0 Å². The highest BCUT2D eigenvalue weighted by Crippen LogP contribution is 2.60. The number of rotatable bonds is 6. The van der Waals surface area contributed by atoms with Crippen molar-refractivity contribution >= 4 is 11.6 Å². The standard InChI is InChI=1S/C28H35NO2/c1-4-26(31-25-10-5-18(2)19(3)11-25)27(30)29-24-8-6-23(7-9-24)28-15-20-12-21(16-28)14-22(13-20)17-28/h5-11,20-22,26H,4,12-17H2,1-3H3,(H,29,30). The van der Waals surface area contributed by atoms with Gasteiger partial charge in [0.2, 0.25) is 0 Å². The first-order chi connectivity index (χ1) is 14.9. The topological polar surface area (TPSA) is 38.3 Å². The maximum atomic E-state index is 12.9. The average molecular weight is 418 g/mol. The molecule has 164 valence electrons. The molecule has 4 saturated carbocycles. The highest BCUT2D eigenvalue weighted by Gasteiger charge is 2.51. The second-order valence-corrected chi connectivity index (χ2v) is 10.5. The fraction of sp³-hybridized carbons (Fsp3) is 0.536. The van der Waals surface area contributed by atoms with Crippen LogP contribution in [0.2, 0.25) is 0 Å². The Hall–Kier alpha value is -2.29. The second kappa shape index (κ2) is 8.00. The summed E-state index contributed by atoms with van der Waals surface area (Å²) in [7, 11) is 0. The number of benzene rings is 2. The number of carbonyl (C=O) groups excluding carboxylic acids is 1. The van der Waals surface area contributed by atoms with Gasteiger partial charge in [-0.1, -0.05) is 25.1 Å². The summed E-state index contributed by atoms with van der Waals surface area (Å²) in [4.78, 5) is 12.9. The van der Waals surface area contributed by atoms with E-state index in [1.54, 1.807) is 0 Å². The smallest absolute Gasteiger partial charge is 0.265 e. The summed E-state index contributed by atoms with van der Waals surface area (Å²) in [6, 6.07) is 14.7. The van der Waals surface area contributed by atoms with E-state index in [-0.39, 0.29) is 5.91 Å². The summed E-state index contributed by atoms with van der Waals surface area (Å²) in [5.74, 6) is 3.50. The molecule has 1 amide bonds. The zero-order chi connectivity index (χ0) is 21.6. The SMILES string of the molecule is CCC(Oc1ccc(C)c(C)c1)C(=O)Nc1ccc(C23CC4CC(CC(C4)C2)C3)cc1. The molecular formula is C28H35NO2. The zero-order valence-electron chi connectivity index (χ0n) is 19.1. The lowest BCUT2D eigenvalue weighted by Gasteiger charge is -2.57. The van der Waals surface area contributed by atoms with Crippen molar-refractivity contribution in [3.63, 3.8) is 0 Å². The van der Waals surface area contributed by atoms with E-state index in [4.69, 9.17) is 4.74 Å². The van der Waals surface area contributed by atoms with Crippen LogP contribution < -0.4 is 10.1 Å². The Labute approximate surface area is 186 Å². The van der Waals surface area contributed by atoms with Gasteiger partial charge in [-0.15, -0.1) is 0 Å². The number of hydrogen-bond donors (Lipinski definition) is 1. The molecule has 3 heteroatoms. The number of anilines is 1. The lowest BCUT2D eigenvalue weighted by atomic mass is 9.48. The number of hydrogen-bond acceptors (Lipinski definition) is 2. The summed E-state index contributed by atoms with van der Waals surface area (Å²) >= 11 is 0. The van der Waals surface area contributed by atoms with E-state index in [9.17, 15) is 4.79 Å². The fourth-order valence-corrected chi connectivity index (χ4v) is 6.87. The molecule has 2 aromatic carbocycles. The van der Waals surface area contributed by atoms with E-state index in [2.05, 4.69) is 43.4 Å². The lowest BCUT2D eigenvalue weighted by molar-refractivity contribution is -0.122. The van der Waals surface area contributed by atoms with E-state index in [0.29, 0.717) is 11.8 Å². The van der Waals surface area contributed by atoms with Crippen molar-refractivity contribution in [1.82, 2.24) is 0 Å². The molecule has 4 aliphatic carbocycles. The molecule has 1 N–H and O–H groups in total. The van der Waals surface area contributed by atoms with Gasteiger partial charge in [0.15, 0.2) is 6.10 Å². The van der Waals surface area contributed by atoms with Crippen LogP contribution in [0.4, 0.5) is 5.69 Å². The number of carbonyl (C=O) groups is 1. The van der Waals surface area contributed by atoms with Gasteiger partial charge >= 0.3 is 0 Å². The molecule has 0 spiro atoms. The Morgan fingerprint density at radius 2 is 1.58 bits per heavy atom. The summed E-state index contributed by atoms with van der Waals surface area (Å²) < 4.78 is 6.01. The lowest BCUT2D eigenvalue weighted by Crippen LogP contribution is -2.48. The fourth-order valence-electron chi connectivity index (χ4n) is 6.87. The van der Waals surface area contributed by atoms with E-state index < -0.39 is 6.10 Å². The van der Waals surface area contributed by atoms with Crippen molar-refractivity contribution in [2.75, 3.05) is 5.32 Å². The second-order valence-electron chi connectivity index (χ2n) is 10.5. The highest BCUT2D eigenvalue weighted by atomic mass is 16.5. The van der Waals surface area contributed by atoms with Crippen molar-refractivity contribution in [2.24, 2.45) is 17.8 Å². The number of ether oxygens (including phenoxy) is 1. The molecule has 4 aliphatic rings. The third kappa shape index (κ3) is 4.00. The molecule has 0 radical (unpaired) electrons. The molecule has 4 fully saturated rings. The minimum atomic E-state index is -0.495. The Bertz CT molecular complexity index is 926. The molecule has 6 rings (SSSR count). The third-order valence-electron chi connectivity index (χ3n) is 8.22. The van der Waals surface area contributed by atoms with Crippen LogP contribution >= 0.6 is 0 Å². The number of aryl methyl sites for hydroxylation is 2. The third-order valence-corrected chi connectivity index (χ3v) is 8.22. The molecule has 0 heterocycles. The molecule has 0 aliphatic heterocycles. The van der Waals surface area contributed by atoms with Gasteiger partial charge in [0.05, 0.1) is 0 Å². The Kier molecular flexibility index (Phi) is 5.32. The molecule has 1 atom stereocenters. The monoisotopic (exact) mass is 417 g/mol. The van der Waals surface area contributed by atoms with Crippen LogP contribution in [-0.2, 0) is 10.2 Å². The van der Waals surface area contributed by atoms with Gasteiger partial charge in [-0.3, -0.25) is 4.79 Å². The molecule has 0 aromatic heterocycles. The first-order valence-electron chi connectivity index (χ1n) is 12.1. The first kappa shape index (κ1) is 20.6. The zero-order valence-corrected chi connectivity index (χ0v) is 19.1. The summed E-state index contributed by atoms with van der Waals surface area (Å²) in [6.45, 7) is 6.13. The maximum absolute atomic E-state index is 12.9. The van der Waals surface area contributed by atoms with Gasteiger partial charge in [-0.2, -0.15) is 0 Å². The summed E-state index contributed by atoms with van der Waals surface area (Å²) in [5, 5.41) is 3.08. The molecule has 0 saturated heterocycles. The Morgan fingerprint density at radius 3 is 2.13 bits per heavy atom. The molecular weight excluding hydrogens is 382 g/mol. The minimum absolute atomic E-state index is 0.0803. The molecule has 3 nitrogen and oxygen atoms in total. The van der Waals surface area contributed by atoms with Crippen LogP contribution in [0.3, 0.4) is 0 Å². The maximum Gasteiger partial charge on any atom is 0.265 e. The minimum Gasteiger partial charge on any atom is -0.481 e. The van der Waals surface area contributed by atoms with Gasteiger partial charge in [-0.05, 0) is 123 Å². The van der Waals surface area contributed by atoms with Gasteiger partial charge in [0.25, 0.3) is 5.91 Å². The summed E-state index contributed by atoms with van der Waals surface area (Å²) in [5.41, 5.74) is 5.15. The van der Waals surface area contributed by atoms with Crippen molar-refractivity contribution in [3.05, 3.63) is 59.2 Å². The van der Waals surface area contributed by atoms with E-state index in [1.165, 1.54) is 55.2 Å². The summed E-state index contributed by atoms with van der Waals surface area (Å²) in [6.07, 6.45) is 8.63. The van der Waals surface area contributed by atoms with Crippen molar-refractivity contribution < 1.29 is 9.53 Å². The quantitative estimate of drug-likeness (QED) is 0.577. The van der Waals surface area contributed by atoms with Crippen LogP contribution in [0.1, 0.15) is 68.6 Å². The first-order valence-corrected chi connectivity index (χ1v) is 12.1. The molecule has 4 bridgehead atoms. The number of nitrogens with one attached hydrogen (secondary N) is 1. The molecule has 2 aromatic rings. The largest absolute Gasteiger partial charge is 0.481 e. The van der Waals surface area contributed by atoms with Crippen molar-refractivity contribution in [3.8, 4) is 5.75 Å². The molecule has 1 unspecified atom stereocenters. The highest BCUT2D eigenvalue weighted by molar-refractivity contribution is 5.94. The van der Waals surface area contributed by atoms with Crippen LogP contribution in [0.15, 0.2) is 42.5 Å². The molecule has 31 heavy (non-hydrogen) atoms. The number of amides is 1. The predicted octanol–water partition coefficient (Wildman–Crippen LogP) is 6.57. The van der Waals surface area contributed by atoms with Crippen LogP contribution in [0, 0.1) is 31.6 Å². The van der Waals surface area contributed by atoms with Gasteiger partial charge in [0, 0.05) is 5.69 Å². The average Bonchev–Trinajstić information content (AvgIpc) is 2.74. The predicted molar refractivity (Wildman–Crippen MR) is 126 cm³/mol. The van der Waals surface area contributed by atoms with Crippen molar-refractivity contribution in [2.45, 2.75) is 77.2 Å². The van der Waals surface area contributed by atoms with E-state index in [0.717, 1.165) is 29.2 Å². The van der Waals surface area contributed by atoms with Crippen LogP contribution in [0.25, 0.3) is 0 Å². The van der Waals surface area contributed by atoms with Gasteiger partial charge < -0.3 is 10.1 Å². The Morgan fingerprint density at radius 1 is 0.968 bits per heavy atom. The Balaban J connectivity index is 1.26.